The molecule has 0 aliphatic carbocycles. The Morgan fingerprint density at radius 2 is 1.66 bits per heavy atom. The Hall–Kier alpha value is -1.99. The Morgan fingerprint density at radius 1 is 0.943 bits per heavy atom. The summed E-state index contributed by atoms with van der Waals surface area (Å²) < 4.78 is 13.2. The van der Waals surface area contributed by atoms with Gasteiger partial charge in [-0.25, -0.2) is 4.39 Å². The van der Waals surface area contributed by atoms with E-state index in [1.165, 1.54) is 23.3 Å². The maximum absolute atomic E-state index is 13.2. The van der Waals surface area contributed by atoms with Crippen molar-refractivity contribution in [3.05, 3.63) is 70.5 Å². The fraction of sp³-hybridized carbons (Fsp3) is 0.481. The standard InChI is InChI=1S/C27H33FN2O3.2ClH/c28-25-8-3-21(4-9-25)17-30-13-1-2-22-6-7-23(16-24(22)18-30)26(31)10-5-20-11-14-29(15-12-20)19-27(32)33;;/h3-4,6-9,16,20H,1-2,5,10-15,17-19H2,(H,32,33);2*1H. The lowest BCUT2D eigenvalue weighted by atomic mass is 9.90. The lowest BCUT2D eigenvalue weighted by Crippen LogP contribution is -2.37. The Morgan fingerprint density at radius 3 is 2.34 bits per heavy atom. The van der Waals surface area contributed by atoms with E-state index in [9.17, 15) is 14.0 Å². The smallest absolute Gasteiger partial charge is 0.317 e. The Kier molecular flexibility index (Phi) is 11.6. The molecule has 0 unspecified atom stereocenters. The number of ketones is 1. The molecular formula is C27H35Cl2FN2O3. The van der Waals surface area contributed by atoms with Crippen molar-refractivity contribution in [3.8, 4) is 0 Å². The van der Waals surface area contributed by atoms with E-state index in [2.05, 4.69) is 17.0 Å². The van der Waals surface area contributed by atoms with Crippen LogP contribution in [-0.4, -0.2) is 52.8 Å². The first-order valence-corrected chi connectivity index (χ1v) is 12.0. The second kappa shape index (κ2) is 13.9. The summed E-state index contributed by atoms with van der Waals surface area (Å²) in [7, 11) is 0. The van der Waals surface area contributed by atoms with Crippen molar-refractivity contribution in [1.82, 2.24) is 9.80 Å². The second-order valence-electron chi connectivity index (χ2n) is 9.50. The predicted molar refractivity (Wildman–Crippen MR) is 140 cm³/mol. The number of piperidine rings is 1. The van der Waals surface area contributed by atoms with Gasteiger partial charge in [0.2, 0.25) is 0 Å². The van der Waals surface area contributed by atoms with Gasteiger partial charge in [-0.15, -0.1) is 24.8 Å². The van der Waals surface area contributed by atoms with Gasteiger partial charge in [0.15, 0.2) is 5.78 Å². The van der Waals surface area contributed by atoms with E-state index < -0.39 is 5.97 Å². The van der Waals surface area contributed by atoms with Crippen molar-refractivity contribution < 1.29 is 19.1 Å². The van der Waals surface area contributed by atoms with Crippen LogP contribution in [0.1, 0.15) is 59.2 Å². The normalized spacial score (nSPS) is 16.9. The van der Waals surface area contributed by atoms with E-state index in [4.69, 9.17) is 5.11 Å². The zero-order valence-corrected chi connectivity index (χ0v) is 21.6. The second-order valence-corrected chi connectivity index (χ2v) is 9.50. The van der Waals surface area contributed by atoms with Crippen molar-refractivity contribution in [3.63, 3.8) is 0 Å². The molecule has 192 valence electrons. The van der Waals surface area contributed by atoms with Crippen molar-refractivity contribution >= 4 is 36.6 Å². The molecule has 2 heterocycles. The van der Waals surface area contributed by atoms with Crippen molar-refractivity contribution in [1.29, 1.82) is 0 Å². The zero-order chi connectivity index (χ0) is 23.2. The summed E-state index contributed by atoms with van der Waals surface area (Å²) in [6.07, 6.45) is 5.42. The summed E-state index contributed by atoms with van der Waals surface area (Å²) in [4.78, 5) is 28.2. The summed E-state index contributed by atoms with van der Waals surface area (Å²) in [5.74, 6) is -0.303. The third kappa shape index (κ3) is 8.57. The molecule has 0 spiro atoms. The average molecular weight is 525 g/mol. The zero-order valence-electron chi connectivity index (χ0n) is 20.0. The van der Waals surface area contributed by atoms with Gasteiger partial charge in [-0.3, -0.25) is 19.4 Å². The molecule has 5 nitrogen and oxygen atoms in total. The van der Waals surface area contributed by atoms with E-state index in [0.717, 1.165) is 76.0 Å². The molecule has 2 aliphatic rings. The lowest BCUT2D eigenvalue weighted by Gasteiger charge is -2.30. The first-order valence-electron chi connectivity index (χ1n) is 12.0. The molecule has 2 aromatic carbocycles. The lowest BCUT2D eigenvalue weighted by molar-refractivity contribution is -0.138. The van der Waals surface area contributed by atoms with Crippen molar-refractivity contribution in [2.45, 2.75) is 51.6 Å². The number of benzene rings is 2. The summed E-state index contributed by atoms with van der Waals surface area (Å²) in [5, 5.41) is 8.93. The van der Waals surface area contributed by atoms with E-state index in [1.807, 2.05) is 23.1 Å². The molecule has 4 rings (SSSR count). The van der Waals surface area contributed by atoms with Gasteiger partial charge < -0.3 is 5.11 Å². The number of halogens is 3. The molecule has 0 saturated carbocycles. The number of carbonyl (C=O) groups is 2. The van der Waals surface area contributed by atoms with E-state index in [0.29, 0.717) is 12.3 Å². The number of nitrogens with zero attached hydrogens (tertiary/aromatic N) is 2. The molecule has 0 bridgehead atoms. The number of aliphatic carboxylic acids is 1. The van der Waals surface area contributed by atoms with Crippen LogP contribution in [0.25, 0.3) is 0 Å². The molecule has 2 aromatic rings. The topological polar surface area (TPSA) is 60.9 Å². The molecule has 0 atom stereocenters. The van der Waals surface area contributed by atoms with Gasteiger partial charge in [0.1, 0.15) is 5.82 Å². The molecule has 0 radical (unpaired) electrons. The third-order valence-corrected chi connectivity index (χ3v) is 7.01. The quantitative estimate of drug-likeness (QED) is 0.470. The van der Waals surface area contributed by atoms with E-state index in [-0.39, 0.29) is 43.0 Å². The molecule has 2 aliphatic heterocycles. The van der Waals surface area contributed by atoms with Crippen molar-refractivity contribution in [2.75, 3.05) is 26.2 Å². The van der Waals surface area contributed by atoms with Gasteiger partial charge in [0, 0.05) is 25.1 Å². The van der Waals surface area contributed by atoms with Gasteiger partial charge in [0.05, 0.1) is 6.54 Å². The van der Waals surface area contributed by atoms with Gasteiger partial charge in [-0.1, -0.05) is 24.3 Å². The minimum atomic E-state index is -0.775. The minimum absolute atomic E-state index is 0. The van der Waals surface area contributed by atoms with Crippen LogP contribution in [0.5, 0.6) is 0 Å². The largest absolute Gasteiger partial charge is 0.480 e. The fourth-order valence-electron chi connectivity index (χ4n) is 5.09. The average Bonchev–Trinajstić information content (AvgIpc) is 3.00. The highest BCUT2D eigenvalue weighted by Gasteiger charge is 2.22. The summed E-state index contributed by atoms with van der Waals surface area (Å²) in [5.41, 5.74) is 4.43. The Bertz CT molecular complexity index is 979. The Balaban J connectivity index is 0.00000216. The van der Waals surface area contributed by atoms with E-state index >= 15 is 0 Å². The summed E-state index contributed by atoms with van der Waals surface area (Å²) in [6.45, 7) is 4.27. The molecule has 0 aromatic heterocycles. The van der Waals surface area contributed by atoms with Crippen LogP contribution in [0.2, 0.25) is 0 Å². The maximum Gasteiger partial charge on any atom is 0.317 e. The number of carboxylic acid groups (broad SMARTS) is 1. The molecule has 1 N–H and O–H groups in total. The molecule has 1 saturated heterocycles. The highest BCUT2D eigenvalue weighted by Crippen LogP contribution is 2.25. The molecular weight excluding hydrogens is 490 g/mol. The molecule has 35 heavy (non-hydrogen) atoms. The minimum Gasteiger partial charge on any atom is -0.480 e. The molecule has 0 amide bonds. The van der Waals surface area contributed by atoms with Crippen LogP contribution < -0.4 is 0 Å². The number of likely N-dealkylation sites (tertiary alicyclic amines) is 1. The number of hydrogen-bond donors (Lipinski definition) is 1. The highest BCUT2D eigenvalue weighted by molar-refractivity contribution is 5.96. The van der Waals surface area contributed by atoms with Crippen LogP contribution in [0.3, 0.4) is 0 Å². The SMILES string of the molecule is Cl.Cl.O=C(O)CN1CCC(CCC(=O)c2ccc3c(c2)CN(Cc2ccc(F)cc2)CCC3)CC1. The van der Waals surface area contributed by atoms with Crippen LogP contribution in [-0.2, 0) is 24.3 Å². The maximum atomic E-state index is 13.2. The van der Waals surface area contributed by atoms with Crippen LogP contribution >= 0.6 is 24.8 Å². The fourth-order valence-corrected chi connectivity index (χ4v) is 5.09. The first kappa shape index (κ1) is 29.2. The first-order chi connectivity index (χ1) is 16.0. The summed E-state index contributed by atoms with van der Waals surface area (Å²) >= 11 is 0. The number of aryl methyl sites for hydroxylation is 1. The Labute approximate surface area is 219 Å². The monoisotopic (exact) mass is 524 g/mol. The number of fused-ring (bicyclic) bond motifs is 1. The molecule has 8 heteroatoms. The number of rotatable bonds is 8. The number of carboxylic acids is 1. The van der Waals surface area contributed by atoms with Crippen molar-refractivity contribution in [2.24, 2.45) is 5.92 Å². The third-order valence-electron chi connectivity index (χ3n) is 7.01. The van der Waals surface area contributed by atoms with Crippen LogP contribution in [0, 0.1) is 11.7 Å². The van der Waals surface area contributed by atoms with E-state index in [1.54, 1.807) is 0 Å². The van der Waals surface area contributed by atoms with Crippen LogP contribution in [0.15, 0.2) is 42.5 Å². The highest BCUT2D eigenvalue weighted by atomic mass is 35.5. The molecule has 1 fully saturated rings. The number of carbonyl (C=O) groups excluding carboxylic acids is 1. The predicted octanol–water partition coefficient (Wildman–Crippen LogP) is 5.38. The van der Waals surface area contributed by atoms with Gasteiger partial charge in [0.25, 0.3) is 0 Å². The van der Waals surface area contributed by atoms with Crippen LogP contribution in [0.4, 0.5) is 4.39 Å². The van der Waals surface area contributed by atoms with Gasteiger partial charge >= 0.3 is 5.97 Å². The summed E-state index contributed by atoms with van der Waals surface area (Å²) in [6, 6.07) is 12.9. The van der Waals surface area contributed by atoms with Gasteiger partial charge in [-0.05, 0) is 92.5 Å². The van der Waals surface area contributed by atoms with Gasteiger partial charge in [-0.2, -0.15) is 0 Å². The number of Topliss-reactive ketones (excluding diaryl/α,β-unsaturated/α-hetero) is 1. The number of hydrogen-bond acceptors (Lipinski definition) is 4.